The van der Waals surface area contributed by atoms with Crippen molar-refractivity contribution >= 4 is 17.6 Å². The van der Waals surface area contributed by atoms with Gasteiger partial charge < -0.3 is 9.47 Å². The number of carbonyl (C=O) groups excluding carboxylic acids is 1. The summed E-state index contributed by atoms with van der Waals surface area (Å²) >= 11 is 5.79. The van der Waals surface area contributed by atoms with Gasteiger partial charge in [0.1, 0.15) is 5.75 Å². The molecule has 0 aliphatic rings. The smallest absolute Gasteiger partial charge is 0.347 e. The van der Waals surface area contributed by atoms with Gasteiger partial charge in [-0.1, -0.05) is 25.4 Å². The van der Waals surface area contributed by atoms with Gasteiger partial charge in [0.25, 0.3) is 0 Å². The molecular formula is C14H19ClO3. The molecule has 0 aromatic heterocycles. The maximum Gasteiger partial charge on any atom is 0.347 e. The Morgan fingerprint density at radius 2 is 1.83 bits per heavy atom. The minimum Gasteiger partial charge on any atom is -0.479 e. The fourth-order valence-corrected chi connectivity index (χ4v) is 1.64. The molecule has 0 heterocycles. The molecule has 3 nitrogen and oxygen atoms in total. The lowest BCUT2D eigenvalue weighted by Gasteiger charge is -2.17. The van der Waals surface area contributed by atoms with Crippen molar-refractivity contribution < 1.29 is 14.3 Å². The van der Waals surface area contributed by atoms with Crippen LogP contribution in [0, 0.1) is 5.92 Å². The van der Waals surface area contributed by atoms with Crippen LogP contribution < -0.4 is 4.74 Å². The third-order valence-electron chi connectivity index (χ3n) is 2.56. The second-order valence-electron chi connectivity index (χ2n) is 4.55. The maximum absolute atomic E-state index is 11.6. The normalized spacial score (nSPS) is 12.3. The first kappa shape index (κ1) is 14.8. The van der Waals surface area contributed by atoms with E-state index in [0.717, 1.165) is 6.42 Å². The van der Waals surface area contributed by atoms with Crippen molar-refractivity contribution in [1.82, 2.24) is 0 Å². The number of ether oxygens (including phenoxy) is 2. The van der Waals surface area contributed by atoms with Gasteiger partial charge in [0.2, 0.25) is 0 Å². The van der Waals surface area contributed by atoms with E-state index in [1.54, 1.807) is 24.3 Å². The number of rotatable bonds is 6. The zero-order chi connectivity index (χ0) is 13.5. The number of methoxy groups -OCH3 is 1. The van der Waals surface area contributed by atoms with E-state index in [-0.39, 0.29) is 5.97 Å². The van der Waals surface area contributed by atoms with E-state index in [2.05, 4.69) is 13.8 Å². The van der Waals surface area contributed by atoms with Gasteiger partial charge in [-0.15, -0.1) is 0 Å². The molecule has 1 unspecified atom stereocenters. The predicted octanol–water partition coefficient (Wildman–Crippen LogP) is 3.70. The number of carbonyl (C=O) groups is 1. The average molecular weight is 271 g/mol. The second kappa shape index (κ2) is 7.27. The molecule has 0 aliphatic heterocycles. The molecule has 1 atom stereocenters. The Bertz CT molecular complexity index is 373. The summed E-state index contributed by atoms with van der Waals surface area (Å²) < 4.78 is 10.4. The van der Waals surface area contributed by atoms with Gasteiger partial charge in [0.15, 0.2) is 6.10 Å². The van der Waals surface area contributed by atoms with Gasteiger partial charge in [-0.2, -0.15) is 0 Å². The zero-order valence-electron chi connectivity index (χ0n) is 11.0. The van der Waals surface area contributed by atoms with Crippen molar-refractivity contribution in [3.63, 3.8) is 0 Å². The van der Waals surface area contributed by atoms with Crippen molar-refractivity contribution in [3.05, 3.63) is 29.3 Å². The van der Waals surface area contributed by atoms with Gasteiger partial charge in [0, 0.05) is 5.02 Å². The van der Waals surface area contributed by atoms with Crippen LogP contribution in [0.1, 0.15) is 26.7 Å². The molecule has 0 bridgehead atoms. The van der Waals surface area contributed by atoms with Crippen LogP contribution in [0.15, 0.2) is 24.3 Å². The lowest BCUT2D eigenvalue weighted by Crippen LogP contribution is -2.29. The molecule has 18 heavy (non-hydrogen) atoms. The zero-order valence-corrected chi connectivity index (χ0v) is 11.7. The van der Waals surface area contributed by atoms with Gasteiger partial charge in [-0.3, -0.25) is 0 Å². The maximum atomic E-state index is 11.6. The molecule has 0 radical (unpaired) electrons. The average Bonchev–Trinajstić information content (AvgIpc) is 2.35. The van der Waals surface area contributed by atoms with Gasteiger partial charge >= 0.3 is 5.97 Å². The van der Waals surface area contributed by atoms with Gasteiger partial charge in [-0.25, -0.2) is 4.79 Å². The molecule has 0 aliphatic carbocycles. The highest BCUT2D eigenvalue weighted by atomic mass is 35.5. The highest BCUT2D eigenvalue weighted by molar-refractivity contribution is 6.30. The summed E-state index contributed by atoms with van der Waals surface area (Å²) in [6, 6.07) is 6.95. The first-order chi connectivity index (χ1) is 8.52. The number of hydrogen-bond acceptors (Lipinski definition) is 3. The standard InChI is InChI=1S/C14H19ClO3/c1-10(2)4-9-13(14(16)17-3)18-12-7-5-11(15)6-8-12/h5-8,10,13H,4,9H2,1-3H3. The van der Waals surface area contributed by atoms with Crippen LogP contribution in [0.5, 0.6) is 5.75 Å². The Labute approximate surface area is 113 Å². The van der Waals surface area contributed by atoms with Crippen LogP contribution in [0.4, 0.5) is 0 Å². The van der Waals surface area contributed by atoms with Crippen molar-refractivity contribution in [2.45, 2.75) is 32.8 Å². The highest BCUT2D eigenvalue weighted by Crippen LogP contribution is 2.19. The summed E-state index contributed by atoms with van der Waals surface area (Å²) in [5, 5.41) is 0.638. The lowest BCUT2D eigenvalue weighted by molar-refractivity contribution is -0.149. The molecule has 0 saturated carbocycles. The van der Waals surface area contributed by atoms with E-state index in [9.17, 15) is 4.79 Å². The van der Waals surface area contributed by atoms with Crippen LogP contribution in [-0.2, 0) is 9.53 Å². The van der Waals surface area contributed by atoms with E-state index < -0.39 is 6.10 Å². The Morgan fingerprint density at radius 1 is 1.22 bits per heavy atom. The number of halogens is 1. The Balaban J connectivity index is 2.65. The van der Waals surface area contributed by atoms with Gasteiger partial charge in [-0.05, 0) is 43.0 Å². The third-order valence-corrected chi connectivity index (χ3v) is 2.81. The molecule has 0 saturated heterocycles. The number of benzene rings is 1. The van der Waals surface area contributed by atoms with Gasteiger partial charge in [0.05, 0.1) is 7.11 Å². The van der Waals surface area contributed by atoms with Crippen molar-refractivity contribution in [2.24, 2.45) is 5.92 Å². The van der Waals surface area contributed by atoms with Crippen LogP contribution in [-0.4, -0.2) is 19.2 Å². The Kier molecular flexibility index (Phi) is 5.99. The third kappa shape index (κ3) is 4.96. The topological polar surface area (TPSA) is 35.5 Å². The molecule has 0 spiro atoms. The number of hydrogen-bond donors (Lipinski definition) is 0. The molecule has 1 aromatic carbocycles. The van der Waals surface area contributed by atoms with Crippen molar-refractivity contribution in [1.29, 1.82) is 0 Å². The van der Waals surface area contributed by atoms with Crippen LogP contribution in [0.25, 0.3) is 0 Å². The summed E-state index contributed by atoms with van der Waals surface area (Å²) in [5.74, 6) is 0.801. The molecule has 0 N–H and O–H groups in total. The Hall–Kier alpha value is -1.22. The monoisotopic (exact) mass is 270 g/mol. The highest BCUT2D eigenvalue weighted by Gasteiger charge is 2.21. The first-order valence-electron chi connectivity index (χ1n) is 6.03. The molecule has 1 rings (SSSR count). The summed E-state index contributed by atoms with van der Waals surface area (Å²) in [6.07, 6.45) is 0.999. The molecule has 0 fully saturated rings. The molecule has 100 valence electrons. The quantitative estimate of drug-likeness (QED) is 0.740. The summed E-state index contributed by atoms with van der Waals surface area (Å²) in [5.41, 5.74) is 0. The van der Waals surface area contributed by atoms with Crippen molar-refractivity contribution in [2.75, 3.05) is 7.11 Å². The number of esters is 1. The van der Waals surface area contributed by atoms with E-state index in [4.69, 9.17) is 21.1 Å². The molecule has 0 amide bonds. The lowest BCUT2D eigenvalue weighted by atomic mass is 10.0. The fraction of sp³-hybridized carbons (Fsp3) is 0.500. The van der Waals surface area contributed by atoms with E-state index in [1.807, 2.05) is 0 Å². The van der Waals surface area contributed by atoms with E-state index >= 15 is 0 Å². The minimum absolute atomic E-state index is 0.342. The van der Waals surface area contributed by atoms with Crippen LogP contribution in [0.3, 0.4) is 0 Å². The summed E-state index contributed by atoms with van der Waals surface area (Å²) in [4.78, 5) is 11.6. The molecule has 1 aromatic rings. The molecular weight excluding hydrogens is 252 g/mol. The van der Waals surface area contributed by atoms with Crippen molar-refractivity contribution in [3.8, 4) is 5.75 Å². The summed E-state index contributed by atoms with van der Waals surface area (Å²) in [7, 11) is 1.37. The Morgan fingerprint density at radius 3 is 2.33 bits per heavy atom. The fourth-order valence-electron chi connectivity index (χ4n) is 1.52. The van der Waals surface area contributed by atoms with E-state index in [0.29, 0.717) is 23.1 Å². The van der Waals surface area contributed by atoms with Crippen LogP contribution in [0.2, 0.25) is 5.02 Å². The largest absolute Gasteiger partial charge is 0.479 e. The predicted molar refractivity (Wildman–Crippen MR) is 72.0 cm³/mol. The first-order valence-corrected chi connectivity index (χ1v) is 6.40. The molecule has 4 heteroatoms. The van der Waals surface area contributed by atoms with Crippen LogP contribution >= 0.6 is 11.6 Å². The summed E-state index contributed by atoms with van der Waals surface area (Å²) in [6.45, 7) is 4.22. The minimum atomic E-state index is -0.557. The SMILES string of the molecule is COC(=O)C(CCC(C)C)Oc1ccc(Cl)cc1. The van der Waals surface area contributed by atoms with E-state index in [1.165, 1.54) is 7.11 Å². The second-order valence-corrected chi connectivity index (χ2v) is 4.99.